The average molecular weight is 278 g/mol. The highest BCUT2D eigenvalue weighted by atomic mass is 16.5. The topological polar surface area (TPSA) is 94.6 Å². The molecule has 106 valence electrons. The van der Waals surface area contributed by atoms with Crippen LogP contribution >= 0.6 is 0 Å². The van der Waals surface area contributed by atoms with Gasteiger partial charge in [0.25, 0.3) is 0 Å². The first-order chi connectivity index (χ1) is 9.58. The molecule has 20 heavy (non-hydrogen) atoms. The maximum Gasteiger partial charge on any atom is 0.353 e. The van der Waals surface area contributed by atoms with Crippen LogP contribution in [0.5, 0.6) is 0 Å². The summed E-state index contributed by atoms with van der Waals surface area (Å²) in [6.07, 6.45) is 1.89. The Morgan fingerprint density at radius 1 is 1.45 bits per heavy atom. The second-order valence-electron chi connectivity index (χ2n) is 4.84. The second-order valence-corrected chi connectivity index (χ2v) is 4.84. The van der Waals surface area contributed by atoms with Gasteiger partial charge in [-0.2, -0.15) is 4.98 Å². The zero-order valence-electron chi connectivity index (χ0n) is 10.9. The van der Waals surface area contributed by atoms with E-state index in [2.05, 4.69) is 4.98 Å². The van der Waals surface area contributed by atoms with Crippen molar-refractivity contribution in [2.75, 3.05) is 6.61 Å². The molecule has 1 fully saturated rings. The molecule has 0 radical (unpaired) electrons. The lowest BCUT2D eigenvalue weighted by atomic mass is 10.2. The molecule has 3 rings (SSSR count). The predicted molar refractivity (Wildman–Crippen MR) is 69.5 cm³/mol. The molecule has 2 aromatic rings. The highest BCUT2D eigenvalue weighted by molar-refractivity contribution is 5.70. The molecule has 3 heterocycles. The highest BCUT2D eigenvalue weighted by Crippen LogP contribution is 2.27. The highest BCUT2D eigenvalue weighted by Gasteiger charge is 2.27. The molecule has 2 aromatic heterocycles. The van der Waals surface area contributed by atoms with Crippen molar-refractivity contribution in [3.63, 3.8) is 0 Å². The molecule has 0 aromatic carbocycles. The molecule has 7 nitrogen and oxygen atoms in total. The fraction of sp³-hybridized carbons (Fsp3) is 0.462. The molecular formula is C13H14N2O5. The Kier molecular flexibility index (Phi) is 3.15. The Labute approximate surface area is 113 Å². The number of ether oxygens (including phenoxy) is 1. The summed E-state index contributed by atoms with van der Waals surface area (Å²) in [5, 5.41) is 9.30. The number of aromatic nitrogens is 2. The molecular weight excluding hydrogens is 264 g/mol. The van der Waals surface area contributed by atoms with Crippen molar-refractivity contribution in [1.29, 1.82) is 0 Å². The quantitative estimate of drug-likeness (QED) is 0.850. The first-order valence-corrected chi connectivity index (χ1v) is 6.38. The summed E-state index contributed by atoms with van der Waals surface area (Å²) in [7, 11) is 0. The third kappa shape index (κ3) is 2.14. The molecule has 0 unspecified atom stereocenters. The van der Waals surface area contributed by atoms with Gasteiger partial charge in [0.2, 0.25) is 5.71 Å². The number of hydrogen-bond acceptors (Lipinski definition) is 6. The minimum Gasteiger partial charge on any atom is -0.443 e. The lowest BCUT2D eigenvalue weighted by molar-refractivity contribution is -0.0243. The van der Waals surface area contributed by atoms with Crippen molar-refractivity contribution in [3.8, 4) is 0 Å². The van der Waals surface area contributed by atoms with Crippen molar-refractivity contribution in [2.45, 2.75) is 32.1 Å². The number of hydrogen-bond donors (Lipinski definition) is 1. The van der Waals surface area contributed by atoms with Crippen LogP contribution in [0.1, 0.15) is 24.8 Å². The van der Waals surface area contributed by atoms with Gasteiger partial charge >= 0.3 is 5.69 Å². The maximum atomic E-state index is 12.0. The van der Waals surface area contributed by atoms with Gasteiger partial charge < -0.3 is 14.3 Å². The number of rotatable bonds is 2. The van der Waals surface area contributed by atoms with Gasteiger partial charge in [-0.05, 0) is 19.8 Å². The Morgan fingerprint density at radius 3 is 2.95 bits per heavy atom. The average Bonchev–Trinajstić information content (AvgIpc) is 2.86. The lowest BCUT2D eigenvalue weighted by Crippen LogP contribution is -2.28. The van der Waals surface area contributed by atoms with Crippen LogP contribution in [0, 0.1) is 6.92 Å². The van der Waals surface area contributed by atoms with Gasteiger partial charge in [0.1, 0.15) is 17.4 Å². The molecule has 1 saturated heterocycles. The Hall–Kier alpha value is -1.99. The van der Waals surface area contributed by atoms with E-state index in [0.717, 1.165) is 0 Å². The SMILES string of the molecule is Cc1cc(=O)c2cn([C@H]3CC[C@@H](CO)O3)c(=O)nc2o1. The van der Waals surface area contributed by atoms with E-state index < -0.39 is 11.9 Å². The number of fused-ring (bicyclic) bond motifs is 1. The summed E-state index contributed by atoms with van der Waals surface area (Å²) in [4.78, 5) is 27.7. The molecule has 0 saturated carbocycles. The number of nitrogens with zero attached hydrogens (tertiary/aromatic N) is 2. The first-order valence-electron chi connectivity index (χ1n) is 6.38. The summed E-state index contributed by atoms with van der Waals surface area (Å²) in [6.45, 7) is 1.54. The van der Waals surface area contributed by atoms with Crippen LogP contribution < -0.4 is 11.1 Å². The van der Waals surface area contributed by atoms with Crippen molar-refractivity contribution in [2.24, 2.45) is 0 Å². The van der Waals surface area contributed by atoms with E-state index in [1.807, 2.05) is 0 Å². The standard InChI is InChI=1S/C13H14N2O5/c1-7-4-10(17)9-5-15(13(18)14-12(9)19-7)11-3-2-8(6-16)20-11/h4-5,8,11,16H,2-3,6H2,1H3/t8-,11+/m0/s1. The summed E-state index contributed by atoms with van der Waals surface area (Å²) < 4.78 is 12.1. The third-order valence-corrected chi connectivity index (χ3v) is 3.37. The molecule has 0 bridgehead atoms. The van der Waals surface area contributed by atoms with Gasteiger partial charge in [-0.15, -0.1) is 0 Å². The van der Waals surface area contributed by atoms with Crippen molar-refractivity contribution in [3.05, 3.63) is 38.7 Å². The Balaban J connectivity index is 2.11. The van der Waals surface area contributed by atoms with Crippen LogP contribution in [0.3, 0.4) is 0 Å². The van der Waals surface area contributed by atoms with Crippen molar-refractivity contribution in [1.82, 2.24) is 9.55 Å². The largest absolute Gasteiger partial charge is 0.443 e. The number of aliphatic hydroxyl groups is 1. The number of aryl methyl sites for hydroxylation is 1. The molecule has 1 aliphatic heterocycles. The van der Waals surface area contributed by atoms with E-state index in [1.165, 1.54) is 16.8 Å². The van der Waals surface area contributed by atoms with E-state index in [-0.39, 0.29) is 29.2 Å². The molecule has 0 spiro atoms. The van der Waals surface area contributed by atoms with Crippen molar-refractivity contribution < 1.29 is 14.3 Å². The summed E-state index contributed by atoms with van der Waals surface area (Å²) in [6, 6.07) is 1.35. The Bertz CT molecular complexity index is 763. The molecule has 1 aliphatic rings. The third-order valence-electron chi connectivity index (χ3n) is 3.37. The van der Waals surface area contributed by atoms with Crippen LogP contribution in [0.4, 0.5) is 0 Å². The minimum absolute atomic E-state index is 0.0351. The smallest absolute Gasteiger partial charge is 0.353 e. The van der Waals surface area contributed by atoms with E-state index in [1.54, 1.807) is 6.92 Å². The molecule has 1 N–H and O–H groups in total. The van der Waals surface area contributed by atoms with Gasteiger partial charge in [0.05, 0.1) is 12.7 Å². The molecule has 7 heteroatoms. The fourth-order valence-electron chi connectivity index (χ4n) is 2.38. The van der Waals surface area contributed by atoms with E-state index in [9.17, 15) is 9.59 Å². The van der Waals surface area contributed by atoms with E-state index in [4.69, 9.17) is 14.3 Å². The predicted octanol–water partition coefficient (Wildman–Crippen LogP) is 0.328. The first kappa shape index (κ1) is 13.0. The maximum absolute atomic E-state index is 12.0. The van der Waals surface area contributed by atoms with Crippen LogP contribution in [-0.4, -0.2) is 27.4 Å². The monoisotopic (exact) mass is 278 g/mol. The van der Waals surface area contributed by atoms with Crippen LogP contribution in [0.15, 0.2) is 26.3 Å². The fourth-order valence-corrected chi connectivity index (χ4v) is 2.38. The van der Waals surface area contributed by atoms with Gasteiger partial charge in [0, 0.05) is 12.3 Å². The summed E-state index contributed by atoms with van der Waals surface area (Å²) >= 11 is 0. The van der Waals surface area contributed by atoms with Gasteiger partial charge in [-0.25, -0.2) is 4.79 Å². The molecule has 0 aliphatic carbocycles. The summed E-state index contributed by atoms with van der Waals surface area (Å²) in [5.74, 6) is 0.407. The Morgan fingerprint density at radius 2 is 2.25 bits per heavy atom. The van der Waals surface area contributed by atoms with Gasteiger partial charge in [0.15, 0.2) is 5.43 Å². The van der Waals surface area contributed by atoms with Crippen LogP contribution in [0.25, 0.3) is 11.1 Å². The van der Waals surface area contributed by atoms with Crippen molar-refractivity contribution >= 4 is 11.1 Å². The normalized spacial score (nSPS) is 22.5. The van der Waals surface area contributed by atoms with Gasteiger partial charge in [-0.3, -0.25) is 9.36 Å². The van der Waals surface area contributed by atoms with E-state index in [0.29, 0.717) is 18.6 Å². The zero-order chi connectivity index (χ0) is 14.3. The second kappa shape index (κ2) is 4.84. The van der Waals surface area contributed by atoms with Crippen LogP contribution in [0.2, 0.25) is 0 Å². The zero-order valence-corrected chi connectivity index (χ0v) is 10.9. The molecule has 0 amide bonds. The lowest BCUT2D eigenvalue weighted by Gasteiger charge is -2.14. The number of aliphatic hydroxyl groups excluding tert-OH is 1. The molecule has 2 atom stereocenters. The van der Waals surface area contributed by atoms with E-state index >= 15 is 0 Å². The van der Waals surface area contributed by atoms with Crippen LogP contribution in [-0.2, 0) is 4.74 Å². The van der Waals surface area contributed by atoms with Gasteiger partial charge in [-0.1, -0.05) is 0 Å². The summed E-state index contributed by atoms with van der Waals surface area (Å²) in [5.41, 5.74) is -0.746. The minimum atomic E-state index is -0.533.